The number of aromatic nitrogens is 1. The third kappa shape index (κ3) is 4.86. The zero-order chi connectivity index (χ0) is 25.2. The number of carbonyl (C=O) groups excluding carboxylic acids is 2. The first-order valence-corrected chi connectivity index (χ1v) is 12.4. The van der Waals surface area contributed by atoms with Crippen LogP contribution >= 0.6 is 0 Å². The van der Waals surface area contributed by atoms with Crippen LogP contribution in [0.3, 0.4) is 0 Å². The van der Waals surface area contributed by atoms with E-state index < -0.39 is 28.8 Å². The first-order chi connectivity index (χ1) is 16.3. The van der Waals surface area contributed by atoms with Crippen molar-refractivity contribution >= 4 is 12.0 Å². The maximum absolute atomic E-state index is 14.1. The molecule has 2 aliphatic heterocycles. The predicted octanol–water partition coefficient (Wildman–Crippen LogP) is 3.75. The standard InChI is InChI=1S/C25H33F3N4O3/c1-23(2,3)35-22(34)30-18-9-17-13-32(19-4-5-19)14-24(17,10-18)21(33)31-7-6-20-15(12-31)8-16(11-29-20)25(26,27)28/h8,11,17-19H,4-7,9-10,12-14H2,1-3H3,(H,30,34)/t17-,18+,24-/m0/s1. The number of ether oxygens (including phenoxy) is 1. The minimum Gasteiger partial charge on any atom is -0.444 e. The van der Waals surface area contributed by atoms with Gasteiger partial charge in [0.25, 0.3) is 0 Å². The molecule has 1 aromatic rings. The number of nitrogens with one attached hydrogen (secondary N) is 1. The van der Waals surface area contributed by atoms with E-state index in [9.17, 15) is 22.8 Å². The number of hydrogen-bond acceptors (Lipinski definition) is 5. The Labute approximate surface area is 203 Å². The van der Waals surface area contributed by atoms with Gasteiger partial charge in [-0.2, -0.15) is 13.2 Å². The zero-order valence-electron chi connectivity index (χ0n) is 20.5. The van der Waals surface area contributed by atoms with Gasteiger partial charge in [0, 0.05) is 56.6 Å². The quantitative estimate of drug-likeness (QED) is 0.693. The van der Waals surface area contributed by atoms with Gasteiger partial charge in [-0.25, -0.2) is 4.79 Å². The molecule has 2 aliphatic carbocycles. The molecule has 7 nitrogen and oxygen atoms in total. The normalized spacial score (nSPS) is 29.0. The Balaban J connectivity index is 1.35. The van der Waals surface area contributed by atoms with Crippen molar-refractivity contribution in [1.82, 2.24) is 20.1 Å². The van der Waals surface area contributed by atoms with Crippen LogP contribution in [0.25, 0.3) is 0 Å². The lowest BCUT2D eigenvalue weighted by Crippen LogP contribution is -2.49. The van der Waals surface area contributed by atoms with Crippen molar-refractivity contribution in [3.8, 4) is 0 Å². The number of fused-ring (bicyclic) bond motifs is 2. The van der Waals surface area contributed by atoms with E-state index in [0.717, 1.165) is 31.6 Å². The number of nitrogens with zero attached hydrogens (tertiary/aromatic N) is 3. The average molecular weight is 495 g/mol. The number of rotatable bonds is 3. The molecule has 1 N–H and O–H groups in total. The zero-order valence-corrected chi connectivity index (χ0v) is 20.5. The Morgan fingerprint density at radius 1 is 1.23 bits per heavy atom. The number of pyridine rings is 1. The van der Waals surface area contributed by atoms with Gasteiger partial charge in [0.2, 0.25) is 5.91 Å². The molecule has 4 aliphatic rings. The molecular formula is C25H33F3N4O3. The van der Waals surface area contributed by atoms with Crippen LogP contribution in [0.15, 0.2) is 12.3 Å². The van der Waals surface area contributed by atoms with E-state index in [2.05, 4.69) is 15.2 Å². The lowest BCUT2D eigenvalue weighted by Gasteiger charge is -2.37. The largest absolute Gasteiger partial charge is 0.444 e. The third-order valence-electron chi connectivity index (χ3n) is 7.77. The van der Waals surface area contributed by atoms with Crippen molar-refractivity contribution < 1.29 is 27.5 Å². The summed E-state index contributed by atoms with van der Waals surface area (Å²) in [6.07, 6.45) is -0.159. The molecule has 5 rings (SSSR count). The molecule has 0 bridgehead atoms. The van der Waals surface area contributed by atoms with Crippen molar-refractivity contribution in [2.75, 3.05) is 19.6 Å². The molecule has 0 spiro atoms. The first-order valence-electron chi connectivity index (χ1n) is 12.4. The number of alkyl carbamates (subject to hydrolysis) is 1. The van der Waals surface area contributed by atoms with E-state index in [-0.39, 0.29) is 24.4 Å². The highest BCUT2D eigenvalue weighted by atomic mass is 19.4. The van der Waals surface area contributed by atoms with Crippen LogP contribution in [-0.4, -0.2) is 64.1 Å². The Morgan fingerprint density at radius 2 is 1.97 bits per heavy atom. The average Bonchev–Trinajstić information content (AvgIpc) is 3.45. The molecule has 3 fully saturated rings. The van der Waals surface area contributed by atoms with Gasteiger partial charge in [-0.1, -0.05) is 0 Å². The van der Waals surface area contributed by atoms with E-state index in [1.807, 2.05) is 20.8 Å². The maximum Gasteiger partial charge on any atom is 0.417 e. The molecule has 10 heteroatoms. The summed E-state index contributed by atoms with van der Waals surface area (Å²) in [6, 6.07) is 1.47. The van der Waals surface area contributed by atoms with Crippen LogP contribution in [-0.2, 0) is 28.7 Å². The summed E-state index contributed by atoms with van der Waals surface area (Å²) in [6.45, 7) is 7.44. The van der Waals surface area contributed by atoms with Crippen molar-refractivity contribution in [2.24, 2.45) is 11.3 Å². The number of halogens is 3. The van der Waals surface area contributed by atoms with Crippen molar-refractivity contribution in [2.45, 2.75) is 83.3 Å². The van der Waals surface area contributed by atoms with Gasteiger partial charge >= 0.3 is 12.3 Å². The van der Waals surface area contributed by atoms with E-state index in [1.54, 1.807) is 4.90 Å². The van der Waals surface area contributed by atoms with Gasteiger partial charge in [0.05, 0.1) is 11.0 Å². The minimum atomic E-state index is -4.47. The molecular weight excluding hydrogens is 461 g/mol. The van der Waals surface area contributed by atoms with Crippen molar-refractivity contribution in [1.29, 1.82) is 0 Å². The fourth-order valence-electron chi connectivity index (χ4n) is 6.11. The Bertz CT molecular complexity index is 1020. The molecule has 3 heterocycles. The molecule has 0 unspecified atom stereocenters. The van der Waals surface area contributed by atoms with Gasteiger partial charge < -0.3 is 15.0 Å². The molecule has 2 amide bonds. The topological polar surface area (TPSA) is 74.8 Å². The van der Waals surface area contributed by atoms with Crippen LogP contribution in [0, 0.1) is 11.3 Å². The lowest BCUT2D eigenvalue weighted by molar-refractivity contribution is -0.144. The summed E-state index contributed by atoms with van der Waals surface area (Å²) in [5.74, 6) is 0.0822. The fraction of sp³-hybridized carbons (Fsp3) is 0.720. The van der Waals surface area contributed by atoms with Crippen molar-refractivity contribution in [3.05, 3.63) is 29.1 Å². The summed E-state index contributed by atoms with van der Waals surface area (Å²) in [5.41, 5.74) is -0.956. The molecule has 0 aromatic carbocycles. The molecule has 1 saturated heterocycles. The van der Waals surface area contributed by atoms with E-state index in [4.69, 9.17) is 4.74 Å². The van der Waals surface area contributed by atoms with Crippen LogP contribution in [0.5, 0.6) is 0 Å². The SMILES string of the molecule is CC(C)(C)OC(=O)N[C@@H]1C[C@H]2CN(C3CC3)C[C@@]2(C(=O)N2CCc3ncc(C(F)(F)F)cc3C2)C1. The maximum atomic E-state index is 14.1. The number of amides is 2. The number of carbonyl (C=O) groups is 2. The Kier molecular flexibility index (Phi) is 5.81. The summed E-state index contributed by atoms with van der Waals surface area (Å²) in [7, 11) is 0. The summed E-state index contributed by atoms with van der Waals surface area (Å²) in [5, 5.41) is 2.96. The van der Waals surface area contributed by atoms with Crippen molar-refractivity contribution in [3.63, 3.8) is 0 Å². The number of likely N-dealkylation sites (tertiary alicyclic amines) is 1. The third-order valence-corrected chi connectivity index (χ3v) is 7.77. The van der Waals surface area contributed by atoms with E-state index in [0.29, 0.717) is 49.7 Å². The molecule has 2 saturated carbocycles. The van der Waals surface area contributed by atoms with Crippen LogP contribution in [0.1, 0.15) is 63.3 Å². The summed E-state index contributed by atoms with van der Waals surface area (Å²) >= 11 is 0. The molecule has 3 atom stereocenters. The Hall–Kier alpha value is -2.36. The molecule has 192 valence electrons. The van der Waals surface area contributed by atoms with Crippen LogP contribution < -0.4 is 5.32 Å². The lowest BCUT2D eigenvalue weighted by atomic mass is 9.78. The smallest absolute Gasteiger partial charge is 0.417 e. The van der Waals surface area contributed by atoms with Gasteiger partial charge in [0.1, 0.15) is 5.60 Å². The highest BCUT2D eigenvalue weighted by Crippen LogP contribution is 2.52. The second-order valence-electron chi connectivity index (χ2n) is 11.6. The second-order valence-corrected chi connectivity index (χ2v) is 11.6. The fourth-order valence-corrected chi connectivity index (χ4v) is 6.11. The summed E-state index contributed by atoms with van der Waals surface area (Å²) in [4.78, 5) is 34.6. The van der Waals surface area contributed by atoms with E-state index >= 15 is 0 Å². The Morgan fingerprint density at radius 3 is 2.63 bits per heavy atom. The van der Waals surface area contributed by atoms with E-state index in [1.165, 1.54) is 0 Å². The highest BCUT2D eigenvalue weighted by Gasteiger charge is 2.60. The van der Waals surface area contributed by atoms with Gasteiger partial charge in [-0.05, 0) is 64.0 Å². The molecule has 35 heavy (non-hydrogen) atoms. The number of hydrogen-bond donors (Lipinski definition) is 1. The molecule has 0 radical (unpaired) electrons. The van der Waals surface area contributed by atoms with Crippen LogP contribution in [0.2, 0.25) is 0 Å². The van der Waals surface area contributed by atoms with Crippen LogP contribution in [0.4, 0.5) is 18.0 Å². The summed E-state index contributed by atoms with van der Waals surface area (Å²) < 4.78 is 45.1. The first kappa shape index (κ1) is 24.3. The number of alkyl halides is 3. The predicted molar refractivity (Wildman–Crippen MR) is 121 cm³/mol. The molecule has 1 aromatic heterocycles. The monoisotopic (exact) mass is 494 g/mol. The minimum absolute atomic E-state index is 0.0119. The van der Waals surface area contributed by atoms with Gasteiger partial charge in [-0.15, -0.1) is 0 Å². The highest BCUT2D eigenvalue weighted by molar-refractivity contribution is 5.85. The second kappa shape index (κ2) is 8.35. The van der Waals surface area contributed by atoms with Gasteiger partial charge in [-0.3, -0.25) is 14.7 Å². The van der Waals surface area contributed by atoms with Gasteiger partial charge in [0.15, 0.2) is 0 Å².